The third kappa shape index (κ3) is 3.82. The van der Waals surface area contributed by atoms with Crippen LogP contribution in [0, 0.1) is 16.0 Å². The standard InChI is InChI=1S/C11H14ClN3O3/c12-9-5-10(15(16)17)11(14-6-9)13-3-4-18-7-8-1-2-8/h5-6,8H,1-4,7H2,(H,13,14). The molecule has 0 bridgehead atoms. The summed E-state index contributed by atoms with van der Waals surface area (Å²) in [5.41, 5.74) is -0.121. The normalized spacial score (nSPS) is 14.5. The molecule has 1 aromatic rings. The zero-order chi connectivity index (χ0) is 13.0. The molecule has 1 fully saturated rings. The SMILES string of the molecule is O=[N+]([O-])c1cc(Cl)cnc1NCCOCC1CC1. The molecule has 6 nitrogen and oxygen atoms in total. The van der Waals surface area contributed by atoms with E-state index >= 15 is 0 Å². The molecule has 1 heterocycles. The summed E-state index contributed by atoms with van der Waals surface area (Å²) >= 11 is 5.67. The number of nitro groups is 1. The molecule has 0 saturated heterocycles. The summed E-state index contributed by atoms with van der Waals surface area (Å²) in [6.45, 7) is 1.78. The molecule has 7 heteroatoms. The Balaban J connectivity index is 1.81. The van der Waals surface area contributed by atoms with Gasteiger partial charge in [0.1, 0.15) is 0 Å². The van der Waals surface area contributed by atoms with Crippen LogP contribution in [0.2, 0.25) is 5.02 Å². The highest BCUT2D eigenvalue weighted by molar-refractivity contribution is 6.30. The molecule has 1 aliphatic rings. The number of nitrogens with zero attached hydrogens (tertiary/aromatic N) is 2. The Kier molecular flexibility index (Phi) is 4.33. The van der Waals surface area contributed by atoms with Crippen molar-refractivity contribution in [3.05, 3.63) is 27.4 Å². The largest absolute Gasteiger partial charge is 0.379 e. The van der Waals surface area contributed by atoms with Crippen molar-refractivity contribution in [1.29, 1.82) is 0 Å². The maximum atomic E-state index is 10.8. The Morgan fingerprint density at radius 1 is 1.61 bits per heavy atom. The molecular formula is C11H14ClN3O3. The van der Waals surface area contributed by atoms with E-state index in [1.54, 1.807) is 0 Å². The second-order valence-corrected chi connectivity index (χ2v) is 4.66. The van der Waals surface area contributed by atoms with Gasteiger partial charge in [-0.25, -0.2) is 4.98 Å². The van der Waals surface area contributed by atoms with Crippen molar-refractivity contribution in [2.24, 2.45) is 5.92 Å². The number of anilines is 1. The topological polar surface area (TPSA) is 77.3 Å². The fourth-order valence-electron chi connectivity index (χ4n) is 1.48. The van der Waals surface area contributed by atoms with Crippen LogP contribution in [0.15, 0.2) is 12.3 Å². The van der Waals surface area contributed by atoms with Gasteiger partial charge in [0, 0.05) is 25.4 Å². The van der Waals surface area contributed by atoms with Crippen LogP contribution in [0.5, 0.6) is 0 Å². The molecule has 0 spiro atoms. The van der Waals surface area contributed by atoms with Crippen LogP contribution in [0.25, 0.3) is 0 Å². The molecule has 0 amide bonds. The molecule has 0 aromatic carbocycles. The molecule has 1 N–H and O–H groups in total. The van der Waals surface area contributed by atoms with E-state index in [-0.39, 0.29) is 16.5 Å². The number of aromatic nitrogens is 1. The summed E-state index contributed by atoms with van der Waals surface area (Å²) in [7, 11) is 0. The van der Waals surface area contributed by atoms with Crippen molar-refractivity contribution in [3.8, 4) is 0 Å². The van der Waals surface area contributed by atoms with Crippen LogP contribution in [0.3, 0.4) is 0 Å². The number of pyridine rings is 1. The lowest BCUT2D eigenvalue weighted by Gasteiger charge is -2.06. The highest BCUT2D eigenvalue weighted by Crippen LogP contribution is 2.28. The average Bonchev–Trinajstić information content (AvgIpc) is 3.14. The highest BCUT2D eigenvalue weighted by atomic mass is 35.5. The van der Waals surface area contributed by atoms with Crippen LogP contribution in [-0.4, -0.2) is 29.7 Å². The third-order valence-electron chi connectivity index (χ3n) is 2.62. The van der Waals surface area contributed by atoms with Crippen molar-refractivity contribution in [2.75, 3.05) is 25.1 Å². The van der Waals surface area contributed by atoms with Gasteiger partial charge in [-0.05, 0) is 18.8 Å². The second kappa shape index (κ2) is 5.97. The highest BCUT2D eigenvalue weighted by Gasteiger charge is 2.21. The Morgan fingerprint density at radius 3 is 3.06 bits per heavy atom. The number of halogens is 1. The molecule has 2 rings (SSSR count). The fourth-order valence-corrected chi connectivity index (χ4v) is 1.63. The third-order valence-corrected chi connectivity index (χ3v) is 2.83. The average molecular weight is 272 g/mol. The lowest BCUT2D eigenvalue weighted by atomic mass is 10.4. The van der Waals surface area contributed by atoms with E-state index in [0.717, 1.165) is 6.61 Å². The molecule has 1 saturated carbocycles. The lowest BCUT2D eigenvalue weighted by Crippen LogP contribution is -2.12. The van der Waals surface area contributed by atoms with E-state index in [2.05, 4.69) is 10.3 Å². The first-order valence-electron chi connectivity index (χ1n) is 5.78. The maximum Gasteiger partial charge on any atom is 0.312 e. The van der Waals surface area contributed by atoms with E-state index in [1.165, 1.54) is 25.1 Å². The van der Waals surface area contributed by atoms with Crippen LogP contribution in [0.4, 0.5) is 11.5 Å². The molecule has 98 valence electrons. The zero-order valence-corrected chi connectivity index (χ0v) is 10.5. The zero-order valence-electron chi connectivity index (χ0n) is 9.76. The van der Waals surface area contributed by atoms with E-state index < -0.39 is 4.92 Å². The van der Waals surface area contributed by atoms with Crippen molar-refractivity contribution in [1.82, 2.24) is 4.98 Å². The summed E-state index contributed by atoms with van der Waals surface area (Å²) in [5, 5.41) is 13.9. The van der Waals surface area contributed by atoms with Crippen LogP contribution < -0.4 is 5.32 Å². The molecule has 0 aliphatic heterocycles. The van der Waals surface area contributed by atoms with Crippen molar-refractivity contribution in [3.63, 3.8) is 0 Å². The number of hydrogen-bond acceptors (Lipinski definition) is 5. The van der Waals surface area contributed by atoms with Gasteiger partial charge >= 0.3 is 5.69 Å². The van der Waals surface area contributed by atoms with Gasteiger partial charge < -0.3 is 10.1 Å². The predicted octanol–water partition coefficient (Wildman–Crippen LogP) is 2.48. The Bertz CT molecular complexity index is 438. The fraction of sp³-hybridized carbons (Fsp3) is 0.545. The number of hydrogen-bond donors (Lipinski definition) is 1. The Morgan fingerprint density at radius 2 is 2.39 bits per heavy atom. The monoisotopic (exact) mass is 271 g/mol. The summed E-state index contributed by atoms with van der Waals surface area (Å²) in [6.07, 6.45) is 3.87. The van der Waals surface area contributed by atoms with Gasteiger partial charge in [0.05, 0.1) is 16.6 Å². The Hall–Kier alpha value is -1.40. The molecular weight excluding hydrogens is 258 g/mol. The summed E-state index contributed by atoms with van der Waals surface area (Å²) in [6, 6.07) is 1.28. The van der Waals surface area contributed by atoms with Crippen molar-refractivity contribution in [2.45, 2.75) is 12.8 Å². The minimum Gasteiger partial charge on any atom is -0.379 e. The van der Waals surface area contributed by atoms with Gasteiger partial charge in [0.15, 0.2) is 0 Å². The minimum absolute atomic E-state index is 0.121. The van der Waals surface area contributed by atoms with E-state index in [1.807, 2.05) is 0 Å². The van der Waals surface area contributed by atoms with E-state index in [9.17, 15) is 10.1 Å². The number of ether oxygens (including phenoxy) is 1. The summed E-state index contributed by atoms with van der Waals surface area (Å²) in [5.74, 6) is 0.937. The van der Waals surface area contributed by atoms with Gasteiger partial charge in [-0.2, -0.15) is 0 Å². The van der Waals surface area contributed by atoms with Gasteiger partial charge in [-0.3, -0.25) is 10.1 Å². The van der Waals surface area contributed by atoms with Crippen LogP contribution in [-0.2, 0) is 4.74 Å². The molecule has 1 aromatic heterocycles. The maximum absolute atomic E-state index is 10.8. The number of rotatable bonds is 7. The first kappa shape index (κ1) is 13.0. The second-order valence-electron chi connectivity index (χ2n) is 4.22. The first-order chi connectivity index (χ1) is 8.66. The molecule has 1 aliphatic carbocycles. The van der Waals surface area contributed by atoms with Gasteiger partial charge in [0.25, 0.3) is 0 Å². The van der Waals surface area contributed by atoms with Gasteiger partial charge in [-0.1, -0.05) is 11.6 Å². The molecule has 0 unspecified atom stereocenters. The van der Waals surface area contributed by atoms with Crippen LogP contribution >= 0.6 is 11.6 Å². The van der Waals surface area contributed by atoms with E-state index in [0.29, 0.717) is 19.1 Å². The van der Waals surface area contributed by atoms with Gasteiger partial charge in [0.2, 0.25) is 5.82 Å². The van der Waals surface area contributed by atoms with Crippen LogP contribution in [0.1, 0.15) is 12.8 Å². The summed E-state index contributed by atoms with van der Waals surface area (Å²) < 4.78 is 5.42. The van der Waals surface area contributed by atoms with Gasteiger partial charge in [-0.15, -0.1) is 0 Å². The minimum atomic E-state index is -0.508. The van der Waals surface area contributed by atoms with E-state index in [4.69, 9.17) is 16.3 Å². The Labute approximate surface area is 109 Å². The molecule has 0 radical (unpaired) electrons. The summed E-state index contributed by atoms with van der Waals surface area (Å²) in [4.78, 5) is 14.2. The lowest BCUT2D eigenvalue weighted by molar-refractivity contribution is -0.384. The number of nitrogens with one attached hydrogen (secondary N) is 1. The molecule has 0 atom stereocenters. The van der Waals surface area contributed by atoms with Crippen molar-refractivity contribution < 1.29 is 9.66 Å². The molecule has 18 heavy (non-hydrogen) atoms. The van der Waals surface area contributed by atoms with Crippen molar-refractivity contribution >= 4 is 23.1 Å². The predicted molar refractivity (Wildman–Crippen MR) is 67.9 cm³/mol. The smallest absolute Gasteiger partial charge is 0.312 e. The quantitative estimate of drug-likeness (QED) is 0.468. The first-order valence-corrected chi connectivity index (χ1v) is 6.16.